The first kappa shape index (κ1) is 24.9. The standard InChI is InChI=1S/C27H39N5O4/c33-25(21-3-1-2-4-21)30-13-15-32(16-14-30)27(35)28-23-5-7-24(8-6-23)29-11-9-22(10-12-29)26(34)31-17-19-36-20-18-31/h5-8,21-22H,1-4,9-20H2,(H,28,35). The van der Waals surface area contributed by atoms with Crippen molar-refractivity contribution in [3.63, 3.8) is 0 Å². The molecule has 3 saturated heterocycles. The van der Waals surface area contributed by atoms with E-state index in [1.165, 1.54) is 0 Å². The Hall–Kier alpha value is -2.81. The number of carbonyl (C=O) groups is 3. The molecule has 0 radical (unpaired) electrons. The number of hydrogen-bond donors (Lipinski definition) is 1. The Balaban J connectivity index is 1.06. The minimum Gasteiger partial charge on any atom is -0.378 e. The van der Waals surface area contributed by atoms with Gasteiger partial charge in [-0.25, -0.2) is 4.79 Å². The smallest absolute Gasteiger partial charge is 0.321 e. The number of morpholine rings is 1. The summed E-state index contributed by atoms with van der Waals surface area (Å²) in [6.45, 7) is 6.79. The fraction of sp³-hybridized carbons (Fsp3) is 0.667. The number of benzene rings is 1. The number of piperazine rings is 1. The van der Waals surface area contributed by atoms with Gasteiger partial charge in [0.1, 0.15) is 0 Å². The first-order valence-corrected chi connectivity index (χ1v) is 13.6. The van der Waals surface area contributed by atoms with Crippen LogP contribution in [-0.4, -0.2) is 98.1 Å². The summed E-state index contributed by atoms with van der Waals surface area (Å²) in [6, 6.07) is 7.85. The van der Waals surface area contributed by atoms with Crippen molar-refractivity contribution in [3.8, 4) is 0 Å². The second-order valence-electron chi connectivity index (χ2n) is 10.5. The van der Waals surface area contributed by atoms with Crippen molar-refractivity contribution >= 4 is 29.2 Å². The van der Waals surface area contributed by atoms with Gasteiger partial charge in [-0.05, 0) is 49.9 Å². The lowest BCUT2D eigenvalue weighted by Gasteiger charge is -2.36. The number of carbonyl (C=O) groups excluding carboxylic acids is 3. The van der Waals surface area contributed by atoms with E-state index in [1.54, 1.807) is 4.90 Å². The van der Waals surface area contributed by atoms with Crippen LogP contribution in [0.5, 0.6) is 0 Å². The molecule has 0 spiro atoms. The van der Waals surface area contributed by atoms with Gasteiger partial charge in [-0.3, -0.25) is 9.59 Å². The number of ether oxygens (including phenoxy) is 1. The first-order chi connectivity index (χ1) is 17.6. The SMILES string of the molecule is O=C(Nc1ccc(N2CCC(C(=O)N3CCOCC3)CC2)cc1)N1CCN(C(=O)C2CCCC2)CC1. The Morgan fingerprint density at radius 3 is 1.81 bits per heavy atom. The summed E-state index contributed by atoms with van der Waals surface area (Å²) in [7, 11) is 0. The molecule has 0 atom stereocenters. The molecule has 0 unspecified atom stereocenters. The Morgan fingerprint density at radius 1 is 0.667 bits per heavy atom. The lowest BCUT2D eigenvalue weighted by molar-refractivity contribution is -0.140. The molecular weight excluding hydrogens is 458 g/mol. The van der Waals surface area contributed by atoms with E-state index in [4.69, 9.17) is 4.74 Å². The van der Waals surface area contributed by atoms with Crippen LogP contribution in [0.1, 0.15) is 38.5 Å². The van der Waals surface area contributed by atoms with E-state index in [1.807, 2.05) is 34.1 Å². The van der Waals surface area contributed by atoms with Crippen LogP contribution in [0, 0.1) is 11.8 Å². The molecule has 1 aromatic rings. The van der Waals surface area contributed by atoms with Gasteiger partial charge < -0.3 is 29.7 Å². The van der Waals surface area contributed by atoms with Crippen LogP contribution in [0.2, 0.25) is 0 Å². The number of urea groups is 1. The molecule has 36 heavy (non-hydrogen) atoms. The van der Waals surface area contributed by atoms with Gasteiger partial charge in [0.25, 0.3) is 0 Å². The molecule has 9 nitrogen and oxygen atoms in total. The Kier molecular flexibility index (Phi) is 7.94. The molecule has 5 rings (SSSR count). The molecule has 0 aromatic heterocycles. The monoisotopic (exact) mass is 497 g/mol. The summed E-state index contributed by atoms with van der Waals surface area (Å²) in [4.78, 5) is 46.2. The lowest BCUT2D eigenvalue weighted by Crippen LogP contribution is -2.52. The van der Waals surface area contributed by atoms with Crippen LogP contribution < -0.4 is 10.2 Å². The average molecular weight is 498 g/mol. The van der Waals surface area contributed by atoms with E-state index in [2.05, 4.69) is 10.2 Å². The van der Waals surface area contributed by atoms with Crippen molar-refractivity contribution in [2.45, 2.75) is 38.5 Å². The zero-order valence-corrected chi connectivity index (χ0v) is 21.2. The minimum atomic E-state index is -0.113. The molecule has 3 heterocycles. The molecule has 196 valence electrons. The molecule has 1 aliphatic carbocycles. The molecule has 4 aliphatic rings. The molecule has 4 amide bonds. The van der Waals surface area contributed by atoms with Crippen LogP contribution in [0.3, 0.4) is 0 Å². The first-order valence-electron chi connectivity index (χ1n) is 13.6. The van der Waals surface area contributed by atoms with Crippen molar-refractivity contribution in [1.29, 1.82) is 0 Å². The lowest BCUT2D eigenvalue weighted by atomic mass is 9.94. The zero-order valence-electron chi connectivity index (χ0n) is 21.2. The molecule has 1 N–H and O–H groups in total. The number of amides is 4. The van der Waals surface area contributed by atoms with Crippen molar-refractivity contribution in [1.82, 2.24) is 14.7 Å². The van der Waals surface area contributed by atoms with E-state index < -0.39 is 0 Å². The maximum atomic E-state index is 12.8. The summed E-state index contributed by atoms with van der Waals surface area (Å²) in [5, 5.41) is 3.00. The van der Waals surface area contributed by atoms with Crippen LogP contribution in [0.15, 0.2) is 24.3 Å². The average Bonchev–Trinajstić information content (AvgIpc) is 3.49. The minimum absolute atomic E-state index is 0.104. The highest BCUT2D eigenvalue weighted by atomic mass is 16.5. The van der Waals surface area contributed by atoms with Crippen LogP contribution in [0.25, 0.3) is 0 Å². The maximum absolute atomic E-state index is 12.8. The third-order valence-electron chi connectivity index (χ3n) is 8.23. The highest BCUT2D eigenvalue weighted by Gasteiger charge is 2.31. The van der Waals surface area contributed by atoms with Gasteiger partial charge in [0.2, 0.25) is 11.8 Å². The second-order valence-corrected chi connectivity index (χ2v) is 10.5. The summed E-state index contributed by atoms with van der Waals surface area (Å²) < 4.78 is 5.37. The van der Waals surface area contributed by atoms with Gasteiger partial charge in [0, 0.05) is 75.6 Å². The van der Waals surface area contributed by atoms with Crippen LogP contribution in [0.4, 0.5) is 16.2 Å². The molecule has 0 bridgehead atoms. The van der Waals surface area contributed by atoms with Crippen molar-refractivity contribution in [2.75, 3.05) is 75.8 Å². The molecular formula is C27H39N5O4. The van der Waals surface area contributed by atoms with E-state index >= 15 is 0 Å². The third-order valence-corrected chi connectivity index (χ3v) is 8.23. The Bertz CT molecular complexity index is 911. The summed E-state index contributed by atoms with van der Waals surface area (Å²) in [6.07, 6.45) is 6.07. The number of nitrogens with zero attached hydrogens (tertiary/aromatic N) is 4. The van der Waals surface area contributed by atoms with E-state index in [9.17, 15) is 14.4 Å². The molecule has 1 aromatic carbocycles. The van der Waals surface area contributed by atoms with Crippen molar-refractivity contribution in [2.24, 2.45) is 11.8 Å². The largest absolute Gasteiger partial charge is 0.378 e. The fourth-order valence-electron chi connectivity index (χ4n) is 5.95. The predicted octanol–water partition coefficient (Wildman–Crippen LogP) is 2.63. The summed E-state index contributed by atoms with van der Waals surface area (Å²) in [5.41, 5.74) is 1.88. The quantitative estimate of drug-likeness (QED) is 0.691. The van der Waals surface area contributed by atoms with E-state index in [-0.39, 0.29) is 29.7 Å². The third kappa shape index (κ3) is 5.77. The van der Waals surface area contributed by atoms with E-state index in [0.717, 1.165) is 63.0 Å². The second kappa shape index (κ2) is 11.5. The predicted molar refractivity (Wildman–Crippen MR) is 138 cm³/mol. The highest BCUT2D eigenvalue weighted by molar-refractivity contribution is 5.90. The number of hydrogen-bond acceptors (Lipinski definition) is 5. The number of nitrogens with one attached hydrogen (secondary N) is 1. The normalized spacial score (nSPS) is 22.1. The molecule has 3 aliphatic heterocycles. The van der Waals surface area contributed by atoms with Crippen LogP contribution >= 0.6 is 0 Å². The number of piperidine rings is 1. The van der Waals surface area contributed by atoms with Gasteiger partial charge in [0.15, 0.2) is 0 Å². The molecule has 9 heteroatoms. The van der Waals surface area contributed by atoms with Gasteiger partial charge in [-0.1, -0.05) is 12.8 Å². The Morgan fingerprint density at radius 2 is 1.19 bits per heavy atom. The topological polar surface area (TPSA) is 85.4 Å². The summed E-state index contributed by atoms with van der Waals surface area (Å²) >= 11 is 0. The summed E-state index contributed by atoms with van der Waals surface area (Å²) in [5.74, 6) is 0.851. The molecule has 1 saturated carbocycles. The van der Waals surface area contributed by atoms with E-state index in [0.29, 0.717) is 52.5 Å². The van der Waals surface area contributed by atoms with Crippen molar-refractivity contribution in [3.05, 3.63) is 24.3 Å². The van der Waals surface area contributed by atoms with Crippen molar-refractivity contribution < 1.29 is 19.1 Å². The fourth-order valence-corrected chi connectivity index (χ4v) is 5.95. The molecule has 4 fully saturated rings. The number of anilines is 2. The van der Waals surface area contributed by atoms with Gasteiger partial charge in [-0.2, -0.15) is 0 Å². The van der Waals surface area contributed by atoms with Gasteiger partial charge in [0.05, 0.1) is 13.2 Å². The number of rotatable bonds is 4. The highest BCUT2D eigenvalue weighted by Crippen LogP contribution is 2.28. The van der Waals surface area contributed by atoms with Crippen LogP contribution in [-0.2, 0) is 14.3 Å². The van der Waals surface area contributed by atoms with Gasteiger partial charge in [-0.15, -0.1) is 0 Å². The Labute approximate surface area is 213 Å². The van der Waals surface area contributed by atoms with Gasteiger partial charge >= 0.3 is 6.03 Å². The zero-order chi connectivity index (χ0) is 24.9. The maximum Gasteiger partial charge on any atom is 0.321 e.